The number of ether oxygens (including phenoxy) is 3. The highest BCUT2D eigenvalue weighted by atomic mass is 16.6. The van der Waals surface area contributed by atoms with Crippen molar-refractivity contribution in [1.82, 2.24) is 0 Å². The van der Waals surface area contributed by atoms with Gasteiger partial charge in [0, 0.05) is 19.3 Å². The standard InChI is InChI=1S/C48H88O6/c1-4-7-10-13-16-19-22-23-24-25-27-29-32-35-38-41-47(50)53-44-45(43-52-46(49)40-37-34-31-28-21-18-15-12-9-6-3)54-48(51)42-39-36-33-30-26-20-17-14-11-8-5-2/h15,18-19,22,45H,4-14,16-17,20-21,23-44H2,1-3H3/b18-15-,22-19-. The number of carbonyl (C=O) groups excluding carboxylic acids is 3. The molecule has 0 radical (unpaired) electrons. The average Bonchev–Trinajstić information content (AvgIpc) is 3.17. The molecular formula is C48H88O6. The van der Waals surface area contributed by atoms with Gasteiger partial charge in [0.2, 0.25) is 0 Å². The van der Waals surface area contributed by atoms with Crippen molar-refractivity contribution in [2.75, 3.05) is 13.2 Å². The molecule has 0 bridgehead atoms. The maximum Gasteiger partial charge on any atom is 0.306 e. The van der Waals surface area contributed by atoms with Gasteiger partial charge < -0.3 is 14.2 Å². The molecular weight excluding hydrogens is 673 g/mol. The van der Waals surface area contributed by atoms with Crippen LogP contribution in [0.25, 0.3) is 0 Å². The largest absolute Gasteiger partial charge is 0.462 e. The van der Waals surface area contributed by atoms with Gasteiger partial charge in [0.1, 0.15) is 13.2 Å². The molecule has 0 aliphatic heterocycles. The van der Waals surface area contributed by atoms with Crippen LogP contribution in [-0.2, 0) is 28.6 Å². The van der Waals surface area contributed by atoms with Crippen LogP contribution >= 0.6 is 0 Å². The lowest BCUT2D eigenvalue weighted by atomic mass is 10.1. The molecule has 0 aliphatic rings. The van der Waals surface area contributed by atoms with Crippen LogP contribution in [0.5, 0.6) is 0 Å². The van der Waals surface area contributed by atoms with Gasteiger partial charge in [-0.1, -0.05) is 186 Å². The quantitative estimate of drug-likeness (QED) is 0.0267. The van der Waals surface area contributed by atoms with Crippen molar-refractivity contribution in [1.29, 1.82) is 0 Å². The molecule has 0 saturated heterocycles. The Morgan fingerprint density at radius 2 is 0.630 bits per heavy atom. The third-order valence-electron chi connectivity index (χ3n) is 10.2. The fourth-order valence-corrected chi connectivity index (χ4v) is 6.59. The second-order valence-corrected chi connectivity index (χ2v) is 15.7. The molecule has 316 valence electrons. The Balaban J connectivity index is 4.34. The first-order chi connectivity index (χ1) is 26.5. The minimum Gasteiger partial charge on any atom is -0.462 e. The lowest BCUT2D eigenvalue weighted by Crippen LogP contribution is -2.30. The number of hydrogen-bond donors (Lipinski definition) is 0. The Hall–Kier alpha value is -2.11. The smallest absolute Gasteiger partial charge is 0.306 e. The zero-order valence-electron chi connectivity index (χ0n) is 36.0. The lowest BCUT2D eigenvalue weighted by Gasteiger charge is -2.18. The Morgan fingerprint density at radius 1 is 0.352 bits per heavy atom. The van der Waals surface area contributed by atoms with Crippen molar-refractivity contribution in [2.24, 2.45) is 0 Å². The zero-order valence-corrected chi connectivity index (χ0v) is 36.0. The van der Waals surface area contributed by atoms with Crippen LogP contribution in [0.4, 0.5) is 0 Å². The Morgan fingerprint density at radius 3 is 1.00 bits per heavy atom. The fourth-order valence-electron chi connectivity index (χ4n) is 6.59. The van der Waals surface area contributed by atoms with E-state index in [1.54, 1.807) is 0 Å². The lowest BCUT2D eigenvalue weighted by molar-refractivity contribution is -0.167. The van der Waals surface area contributed by atoms with Crippen molar-refractivity contribution in [3.05, 3.63) is 24.3 Å². The second kappa shape index (κ2) is 43.6. The third-order valence-corrected chi connectivity index (χ3v) is 10.2. The average molecular weight is 761 g/mol. The van der Waals surface area contributed by atoms with Crippen LogP contribution < -0.4 is 0 Å². The van der Waals surface area contributed by atoms with Crippen molar-refractivity contribution in [3.8, 4) is 0 Å². The van der Waals surface area contributed by atoms with Gasteiger partial charge in [-0.2, -0.15) is 0 Å². The summed E-state index contributed by atoms with van der Waals surface area (Å²) in [5.74, 6) is -0.888. The van der Waals surface area contributed by atoms with Crippen molar-refractivity contribution in [3.63, 3.8) is 0 Å². The first-order valence-electron chi connectivity index (χ1n) is 23.3. The van der Waals surface area contributed by atoms with Gasteiger partial charge in [0.15, 0.2) is 6.10 Å². The molecule has 0 heterocycles. The molecule has 0 aromatic rings. The monoisotopic (exact) mass is 761 g/mol. The second-order valence-electron chi connectivity index (χ2n) is 15.7. The first-order valence-corrected chi connectivity index (χ1v) is 23.3. The molecule has 1 atom stereocenters. The topological polar surface area (TPSA) is 78.9 Å². The zero-order chi connectivity index (χ0) is 39.4. The maximum absolute atomic E-state index is 12.7. The van der Waals surface area contributed by atoms with Crippen LogP contribution in [0.15, 0.2) is 24.3 Å². The third kappa shape index (κ3) is 41.1. The molecule has 0 aromatic carbocycles. The van der Waals surface area contributed by atoms with Crippen LogP contribution in [-0.4, -0.2) is 37.2 Å². The van der Waals surface area contributed by atoms with Crippen LogP contribution in [0.2, 0.25) is 0 Å². The van der Waals surface area contributed by atoms with Gasteiger partial charge in [-0.3, -0.25) is 14.4 Å². The molecule has 0 rings (SSSR count). The number of carbonyl (C=O) groups is 3. The molecule has 0 amide bonds. The van der Waals surface area contributed by atoms with Crippen molar-refractivity contribution < 1.29 is 28.6 Å². The Kier molecular flexibility index (Phi) is 41.9. The van der Waals surface area contributed by atoms with E-state index >= 15 is 0 Å². The summed E-state index contributed by atoms with van der Waals surface area (Å²) in [6.07, 6.45) is 47.3. The van der Waals surface area contributed by atoms with Crippen LogP contribution in [0.3, 0.4) is 0 Å². The molecule has 0 aromatic heterocycles. The van der Waals surface area contributed by atoms with Crippen molar-refractivity contribution in [2.45, 2.75) is 252 Å². The van der Waals surface area contributed by atoms with Gasteiger partial charge in [0.05, 0.1) is 0 Å². The highest BCUT2D eigenvalue weighted by Gasteiger charge is 2.19. The molecule has 0 fully saturated rings. The highest BCUT2D eigenvalue weighted by Crippen LogP contribution is 2.14. The summed E-state index contributed by atoms with van der Waals surface area (Å²) in [5, 5.41) is 0. The number of unbranched alkanes of at least 4 members (excludes halogenated alkanes) is 27. The molecule has 6 nitrogen and oxygen atoms in total. The SMILES string of the molecule is CCCC/C=C\CCCCCCC(=O)OCC(COC(=O)CCCCCCCCC/C=C\CCCCCC)OC(=O)CCCCCCCCCCCCC. The van der Waals surface area contributed by atoms with E-state index in [4.69, 9.17) is 14.2 Å². The molecule has 0 spiro atoms. The molecule has 0 saturated carbocycles. The van der Waals surface area contributed by atoms with E-state index in [0.29, 0.717) is 19.3 Å². The van der Waals surface area contributed by atoms with Gasteiger partial charge in [0.25, 0.3) is 0 Å². The summed E-state index contributed by atoms with van der Waals surface area (Å²) in [4.78, 5) is 37.7. The van der Waals surface area contributed by atoms with E-state index in [1.807, 2.05) is 0 Å². The fraction of sp³-hybridized carbons (Fsp3) is 0.854. The molecule has 0 aliphatic carbocycles. The summed E-state index contributed by atoms with van der Waals surface area (Å²) >= 11 is 0. The number of rotatable bonds is 42. The molecule has 1 unspecified atom stereocenters. The Bertz CT molecular complexity index is 880. The van der Waals surface area contributed by atoms with Gasteiger partial charge in [-0.25, -0.2) is 0 Å². The Labute approximate surface area is 334 Å². The van der Waals surface area contributed by atoms with Crippen LogP contribution in [0, 0.1) is 0 Å². The van der Waals surface area contributed by atoms with E-state index in [2.05, 4.69) is 45.1 Å². The number of esters is 3. The van der Waals surface area contributed by atoms with E-state index < -0.39 is 6.10 Å². The van der Waals surface area contributed by atoms with E-state index in [9.17, 15) is 14.4 Å². The van der Waals surface area contributed by atoms with Crippen molar-refractivity contribution >= 4 is 17.9 Å². The van der Waals surface area contributed by atoms with Gasteiger partial charge in [-0.15, -0.1) is 0 Å². The van der Waals surface area contributed by atoms with E-state index in [1.165, 1.54) is 128 Å². The van der Waals surface area contributed by atoms with E-state index in [0.717, 1.165) is 77.0 Å². The predicted octanol–water partition coefficient (Wildman–Crippen LogP) is 14.8. The summed E-state index contributed by atoms with van der Waals surface area (Å²) in [5.41, 5.74) is 0. The minimum atomic E-state index is -0.770. The summed E-state index contributed by atoms with van der Waals surface area (Å²) in [7, 11) is 0. The minimum absolute atomic E-state index is 0.0743. The normalized spacial score (nSPS) is 12.1. The number of hydrogen-bond acceptors (Lipinski definition) is 6. The summed E-state index contributed by atoms with van der Waals surface area (Å²) in [6.45, 7) is 6.56. The summed E-state index contributed by atoms with van der Waals surface area (Å²) < 4.78 is 16.7. The predicted molar refractivity (Wildman–Crippen MR) is 229 cm³/mol. The van der Waals surface area contributed by atoms with E-state index in [-0.39, 0.29) is 31.1 Å². The van der Waals surface area contributed by atoms with Crippen LogP contribution in [0.1, 0.15) is 245 Å². The molecule has 54 heavy (non-hydrogen) atoms. The summed E-state index contributed by atoms with van der Waals surface area (Å²) in [6, 6.07) is 0. The molecule has 6 heteroatoms. The highest BCUT2D eigenvalue weighted by molar-refractivity contribution is 5.71. The molecule has 0 N–H and O–H groups in total. The van der Waals surface area contributed by atoms with Gasteiger partial charge in [-0.05, 0) is 64.2 Å². The number of allylic oxidation sites excluding steroid dienone is 4. The first kappa shape index (κ1) is 51.9. The maximum atomic E-state index is 12.7. The van der Waals surface area contributed by atoms with Gasteiger partial charge >= 0.3 is 17.9 Å².